The number of nitrogens with two attached hydrogens (primary N) is 2. The van der Waals surface area contributed by atoms with E-state index in [1.807, 2.05) is 0 Å². The van der Waals surface area contributed by atoms with Crippen LogP contribution in [0, 0.1) is 5.21 Å². The number of anilines is 1. The van der Waals surface area contributed by atoms with Gasteiger partial charge < -0.3 is 16.7 Å². The van der Waals surface area contributed by atoms with E-state index in [-0.39, 0.29) is 27.4 Å². The molecule has 76 valence electrons. The first-order valence-corrected chi connectivity index (χ1v) is 4.05. The molecule has 0 unspecified atom stereocenters. The molecule has 0 saturated heterocycles. The van der Waals surface area contributed by atoms with E-state index in [9.17, 15) is 10.0 Å². The number of nitrogens with zero attached hydrogens (tertiary/aromatic N) is 3. The molecule has 0 spiro atoms. The smallest absolute Gasteiger partial charge is 0.288 e. The molecule has 0 aliphatic heterocycles. The average Bonchev–Trinajstić information content (AvgIpc) is 2.16. The molecule has 0 aliphatic rings. The van der Waals surface area contributed by atoms with Gasteiger partial charge in [-0.25, -0.2) is 4.98 Å². The predicted octanol–water partition coefficient (Wildman–Crippen LogP) is -1.06. The second-order valence-electron chi connectivity index (χ2n) is 2.88. The van der Waals surface area contributed by atoms with E-state index < -0.39 is 5.91 Å². The van der Waals surface area contributed by atoms with Gasteiger partial charge in [-0.3, -0.25) is 4.79 Å². The minimum atomic E-state index is -0.710. The molecule has 1 aromatic carbocycles. The zero-order valence-corrected chi connectivity index (χ0v) is 7.54. The second kappa shape index (κ2) is 3.05. The van der Waals surface area contributed by atoms with Crippen molar-refractivity contribution in [2.24, 2.45) is 5.73 Å². The van der Waals surface area contributed by atoms with Gasteiger partial charge in [0.15, 0.2) is 0 Å². The summed E-state index contributed by atoms with van der Waals surface area (Å²) >= 11 is 0. The van der Waals surface area contributed by atoms with Gasteiger partial charge in [-0.15, -0.1) is 0 Å². The molecule has 0 aliphatic carbocycles. The van der Waals surface area contributed by atoms with Crippen molar-refractivity contribution in [2.45, 2.75) is 0 Å². The SMILES string of the molecule is NC(=O)c1cccc2nc(N)n[n+]([O-])c12. The van der Waals surface area contributed by atoms with Crippen LogP contribution in [0.4, 0.5) is 5.95 Å². The van der Waals surface area contributed by atoms with Crippen molar-refractivity contribution in [3.05, 3.63) is 29.0 Å². The number of primary amides is 1. The number of aromatic nitrogens is 3. The Morgan fingerprint density at radius 1 is 1.47 bits per heavy atom. The molecule has 1 aromatic heterocycles. The van der Waals surface area contributed by atoms with Crippen LogP contribution in [0.25, 0.3) is 11.0 Å². The molecule has 4 N–H and O–H groups in total. The molecule has 0 bridgehead atoms. The average molecular weight is 205 g/mol. The lowest BCUT2D eigenvalue weighted by molar-refractivity contribution is -0.641. The first-order chi connectivity index (χ1) is 7.09. The van der Waals surface area contributed by atoms with E-state index in [1.54, 1.807) is 12.1 Å². The Morgan fingerprint density at radius 2 is 2.20 bits per heavy atom. The summed E-state index contributed by atoms with van der Waals surface area (Å²) in [6.45, 7) is 0. The number of amides is 1. The Balaban J connectivity index is 2.91. The Kier molecular flexibility index (Phi) is 1.86. The van der Waals surface area contributed by atoms with E-state index in [2.05, 4.69) is 10.1 Å². The monoisotopic (exact) mass is 205 g/mol. The Labute approximate surface area is 83.9 Å². The van der Waals surface area contributed by atoms with Crippen LogP contribution < -0.4 is 16.3 Å². The summed E-state index contributed by atoms with van der Waals surface area (Å²) in [5, 5.41) is 14.8. The summed E-state index contributed by atoms with van der Waals surface area (Å²) in [5.74, 6) is -0.863. The number of para-hydroxylation sites is 1. The van der Waals surface area contributed by atoms with Crippen LogP contribution in [0.15, 0.2) is 18.2 Å². The van der Waals surface area contributed by atoms with Crippen molar-refractivity contribution in [3.8, 4) is 0 Å². The van der Waals surface area contributed by atoms with Crippen LogP contribution in [0.5, 0.6) is 0 Å². The summed E-state index contributed by atoms with van der Waals surface area (Å²) < 4.78 is 0. The largest absolute Gasteiger partial charge is 0.594 e. The minimum absolute atomic E-state index is 0.0270. The topological polar surface area (TPSA) is 122 Å². The second-order valence-corrected chi connectivity index (χ2v) is 2.88. The van der Waals surface area contributed by atoms with Crippen LogP contribution in [-0.2, 0) is 0 Å². The Hall–Kier alpha value is -2.44. The third kappa shape index (κ3) is 1.39. The number of rotatable bonds is 1. The van der Waals surface area contributed by atoms with Crippen LogP contribution in [0.1, 0.15) is 10.4 Å². The Bertz CT molecular complexity index is 554. The number of carbonyl (C=O) groups excluding carboxylic acids is 1. The van der Waals surface area contributed by atoms with Gasteiger partial charge >= 0.3 is 0 Å². The molecule has 2 aromatic rings. The molecule has 2 rings (SSSR count). The number of fused-ring (bicyclic) bond motifs is 1. The standard InChI is InChI=1S/C8H7N5O2/c9-7(14)4-2-1-3-5-6(4)13(15)12-8(10)11-5/h1-3H,(H2,9,14)(H2,10,11,12). The summed E-state index contributed by atoms with van der Waals surface area (Å²) in [5.41, 5.74) is 10.8. The van der Waals surface area contributed by atoms with Crippen LogP contribution >= 0.6 is 0 Å². The fourth-order valence-electron chi connectivity index (χ4n) is 1.31. The lowest BCUT2D eigenvalue weighted by atomic mass is 10.2. The quantitative estimate of drug-likeness (QED) is 0.454. The molecule has 7 heteroatoms. The molecule has 0 fully saturated rings. The van der Waals surface area contributed by atoms with Gasteiger partial charge in [-0.05, 0) is 17.0 Å². The summed E-state index contributed by atoms with van der Waals surface area (Å²) in [7, 11) is 0. The fraction of sp³-hybridized carbons (Fsp3) is 0. The zero-order valence-electron chi connectivity index (χ0n) is 7.54. The highest BCUT2D eigenvalue weighted by Gasteiger charge is 2.17. The van der Waals surface area contributed by atoms with Crippen LogP contribution in [0.3, 0.4) is 0 Å². The van der Waals surface area contributed by atoms with Crippen LogP contribution in [0.2, 0.25) is 0 Å². The number of benzene rings is 1. The van der Waals surface area contributed by atoms with E-state index in [0.29, 0.717) is 0 Å². The maximum atomic E-state index is 11.4. The lowest BCUT2D eigenvalue weighted by Gasteiger charge is -2.01. The van der Waals surface area contributed by atoms with Crippen molar-refractivity contribution >= 4 is 22.9 Å². The summed E-state index contributed by atoms with van der Waals surface area (Å²) in [4.78, 5) is 15.1. The highest BCUT2D eigenvalue weighted by Crippen LogP contribution is 2.12. The first-order valence-electron chi connectivity index (χ1n) is 4.05. The normalized spacial score (nSPS) is 10.4. The zero-order chi connectivity index (χ0) is 11.0. The van der Waals surface area contributed by atoms with Crippen molar-refractivity contribution < 1.29 is 9.64 Å². The number of hydrogen-bond acceptors (Lipinski definition) is 5. The van der Waals surface area contributed by atoms with Crippen molar-refractivity contribution in [1.82, 2.24) is 10.1 Å². The number of carbonyl (C=O) groups is 1. The van der Waals surface area contributed by atoms with Gasteiger partial charge in [0, 0.05) is 0 Å². The van der Waals surface area contributed by atoms with Gasteiger partial charge in [0.05, 0.1) is 5.10 Å². The van der Waals surface area contributed by atoms with E-state index in [0.717, 1.165) is 0 Å². The Morgan fingerprint density at radius 3 is 2.87 bits per heavy atom. The third-order valence-electron chi connectivity index (χ3n) is 1.90. The first kappa shape index (κ1) is 9.13. The van der Waals surface area contributed by atoms with Gasteiger partial charge in [-0.2, -0.15) is 0 Å². The van der Waals surface area contributed by atoms with Crippen LogP contribution in [-0.4, -0.2) is 16.0 Å². The minimum Gasteiger partial charge on any atom is -0.594 e. The maximum absolute atomic E-state index is 11.4. The number of hydrogen-bond donors (Lipinski definition) is 2. The third-order valence-corrected chi connectivity index (χ3v) is 1.90. The lowest BCUT2D eigenvalue weighted by Crippen LogP contribution is -2.35. The summed E-state index contributed by atoms with van der Waals surface area (Å²) in [6.07, 6.45) is 0. The predicted molar refractivity (Wildman–Crippen MR) is 51.4 cm³/mol. The number of nitrogen functional groups attached to an aromatic ring is 1. The van der Waals surface area contributed by atoms with Crippen molar-refractivity contribution in [3.63, 3.8) is 0 Å². The van der Waals surface area contributed by atoms with Gasteiger partial charge in [0.25, 0.3) is 17.4 Å². The van der Waals surface area contributed by atoms with Gasteiger partial charge in [0.1, 0.15) is 11.1 Å². The van der Waals surface area contributed by atoms with E-state index in [4.69, 9.17) is 11.5 Å². The van der Waals surface area contributed by atoms with E-state index in [1.165, 1.54) is 6.07 Å². The molecular formula is C8H7N5O2. The molecule has 0 saturated carbocycles. The molecule has 0 radical (unpaired) electrons. The van der Waals surface area contributed by atoms with Gasteiger partial charge in [0.2, 0.25) is 0 Å². The fourth-order valence-corrected chi connectivity index (χ4v) is 1.31. The highest BCUT2D eigenvalue weighted by molar-refractivity contribution is 6.02. The molecule has 15 heavy (non-hydrogen) atoms. The van der Waals surface area contributed by atoms with Gasteiger partial charge in [-0.1, -0.05) is 6.07 Å². The molecule has 1 heterocycles. The highest BCUT2D eigenvalue weighted by atomic mass is 16.5. The molecule has 7 nitrogen and oxygen atoms in total. The van der Waals surface area contributed by atoms with E-state index >= 15 is 0 Å². The maximum Gasteiger partial charge on any atom is 0.288 e. The summed E-state index contributed by atoms with van der Waals surface area (Å²) in [6, 6.07) is 4.54. The molecular weight excluding hydrogens is 198 g/mol. The molecule has 1 amide bonds. The van der Waals surface area contributed by atoms with Crippen molar-refractivity contribution in [2.75, 3.05) is 5.73 Å². The van der Waals surface area contributed by atoms with Crippen molar-refractivity contribution in [1.29, 1.82) is 0 Å². The molecule has 0 atom stereocenters.